The van der Waals surface area contributed by atoms with Crippen molar-refractivity contribution < 1.29 is 52.2 Å². The van der Waals surface area contributed by atoms with Gasteiger partial charge in [0.1, 0.15) is 12.7 Å². The number of hydrogen-bond acceptors (Lipinski definition) is 10. The van der Waals surface area contributed by atoms with Crippen molar-refractivity contribution >= 4 is 25.7 Å². The van der Waals surface area contributed by atoms with Gasteiger partial charge in [-0.15, -0.1) is 0 Å². The van der Waals surface area contributed by atoms with Crippen LogP contribution in [0.1, 0.15) is 278 Å². The van der Waals surface area contributed by atoms with Crippen LogP contribution in [-0.4, -0.2) is 66.5 Å². The van der Waals surface area contributed by atoms with E-state index >= 15 is 0 Å². The van der Waals surface area contributed by atoms with E-state index in [2.05, 4.69) is 57.2 Å². The fourth-order valence-electron chi connectivity index (χ4n) is 8.20. The summed E-state index contributed by atoms with van der Waals surface area (Å²) >= 11 is 0. The fraction of sp³-hybridized carbons (Fsp3) is 0.845. The molecule has 0 rings (SSSR count). The smallest absolute Gasteiger partial charge is 0.462 e. The van der Waals surface area contributed by atoms with E-state index in [1.54, 1.807) is 0 Å². The third-order valence-electron chi connectivity index (χ3n) is 12.6. The highest BCUT2D eigenvalue weighted by Crippen LogP contribution is 2.43. The molecule has 0 saturated carbocycles. The molecule has 410 valence electrons. The molecule has 0 aromatic heterocycles. The van der Waals surface area contributed by atoms with Gasteiger partial charge in [0.2, 0.25) is 0 Å². The maximum absolute atomic E-state index is 12.9. The lowest BCUT2D eigenvalue weighted by atomic mass is 10.0. The quantitative estimate of drug-likeness (QED) is 0.0197. The number of aliphatic hydroxyl groups excluding tert-OH is 1. The Morgan fingerprint density at radius 2 is 0.743 bits per heavy atom. The maximum Gasteiger partial charge on any atom is 0.472 e. The first-order valence-corrected chi connectivity index (χ1v) is 30.4. The van der Waals surface area contributed by atoms with Crippen LogP contribution < -0.4 is 0 Å². The summed E-state index contributed by atoms with van der Waals surface area (Å²) in [5.41, 5.74) is 0. The van der Waals surface area contributed by atoms with E-state index in [-0.39, 0.29) is 25.9 Å². The highest BCUT2D eigenvalue weighted by Gasteiger charge is 2.28. The molecule has 0 saturated heterocycles. The number of ether oxygens (including phenoxy) is 3. The monoisotopic (exact) mass is 1010 g/mol. The molecule has 12 heteroatoms. The average Bonchev–Trinajstić information content (AvgIpc) is 3.35. The molecule has 0 fully saturated rings. The third kappa shape index (κ3) is 50.6. The van der Waals surface area contributed by atoms with Crippen LogP contribution in [0.3, 0.4) is 0 Å². The zero-order chi connectivity index (χ0) is 51.3. The number of esters is 3. The van der Waals surface area contributed by atoms with Crippen LogP contribution in [-0.2, 0) is 42.2 Å². The summed E-state index contributed by atoms with van der Waals surface area (Å²) in [5, 5.41) is 9.78. The lowest BCUT2D eigenvalue weighted by Crippen LogP contribution is -2.30. The number of hydrogen-bond donors (Lipinski definition) is 2. The Morgan fingerprint density at radius 3 is 1.14 bits per heavy atom. The van der Waals surface area contributed by atoms with E-state index < -0.39 is 57.8 Å². The second-order valence-corrected chi connectivity index (χ2v) is 20.9. The summed E-state index contributed by atoms with van der Waals surface area (Å²) in [6.45, 7) is 4.53. The highest BCUT2D eigenvalue weighted by atomic mass is 31.2. The molecule has 0 aliphatic rings. The van der Waals surface area contributed by atoms with Gasteiger partial charge in [-0.05, 0) is 51.4 Å². The van der Waals surface area contributed by atoms with Gasteiger partial charge >= 0.3 is 25.7 Å². The molecule has 0 aliphatic heterocycles. The minimum absolute atomic E-state index is 0.136. The number of phosphoric acid groups is 1. The summed E-state index contributed by atoms with van der Waals surface area (Å²) in [7, 11) is -4.74. The van der Waals surface area contributed by atoms with Crippen molar-refractivity contribution in [2.24, 2.45) is 0 Å². The van der Waals surface area contributed by atoms with Gasteiger partial charge in [-0.1, -0.05) is 243 Å². The Bertz CT molecular complexity index is 1320. The molecule has 3 unspecified atom stereocenters. The van der Waals surface area contributed by atoms with Crippen molar-refractivity contribution in [2.45, 2.75) is 290 Å². The number of phosphoric ester groups is 1. The zero-order valence-corrected chi connectivity index (χ0v) is 46.1. The predicted molar refractivity (Wildman–Crippen MR) is 289 cm³/mol. The lowest BCUT2D eigenvalue weighted by Gasteiger charge is -2.21. The zero-order valence-electron chi connectivity index (χ0n) is 45.2. The average molecular weight is 1010 g/mol. The number of rotatable bonds is 54. The number of carbonyl (C=O) groups excluding carboxylic acids is 3. The minimum atomic E-state index is -4.74. The van der Waals surface area contributed by atoms with Gasteiger partial charge in [0.15, 0.2) is 6.10 Å². The van der Waals surface area contributed by atoms with Crippen LogP contribution in [0.25, 0.3) is 0 Å². The van der Waals surface area contributed by atoms with Crippen LogP contribution in [0.2, 0.25) is 0 Å². The molecule has 0 aliphatic carbocycles. The first kappa shape index (κ1) is 67.7. The summed E-state index contributed by atoms with van der Waals surface area (Å²) < 4.78 is 39.4. The van der Waals surface area contributed by atoms with E-state index in [0.29, 0.717) is 19.3 Å². The van der Waals surface area contributed by atoms with E-state index in [1.165, 1.54) is 141 Å². The largest absolute Gasteiger partial charge is 0.472 e. The second kappa shape index (κ2) is 53.0. The van der Waals surface area contributed by atoms with E-state index in [0.717, 1.165) is 77.0 Å². The summed E-state index contributed by atoms with van der Waals surface area (Å²) in [4.78, 5) is 48.4. The van der Waals surface area contributed by atoms with E-state index in [9.17, 15) is 28.9 Å². The second-order valence-electron chi connectivity index (χ2n) is 19.4. The Labute approximate surface area is 429 Å². The van der Waals surface area contributed by atoms with Gasteiger partial charge in [0.05, 0.1) is 19.8 Å². The van der Waals surface area contributed by atoms with Crippen molar-refractivity contribution in [2.75, 3.05) is 26.4 Å². The van der Waals surface area contributed by atoms with Crippen molar-refractivity contribution in [1.82, 2.24) is 0 Å². The molecule has 11 nitrogen and oxygen atoms in total. The lowest BCUT2D eigenvalue weighted by molar-refractivity contribution is -0.161. The molecular formula is C58H107O11P. The number of carbonyl (C=O) groups is 3. The van der Waals surface area contributed by atoms with Gasteiger partial charge < -0.3 is 24.2 Å². The summed E-state index contributed by atoms with van der Waals surface area (Å²) in [5.74, 6) is -1.48. The van der Waals surface area contributed by atoms with Crippen LogP contribution in [0.5, 0.6) is 0 Å². The van der Waals surface area contributed by atoms with Crippen LogP contribution >= 0.6 is 7.82 Å². The van der Waals surface area contributed by atoms with Gasteiger partial charge in [0, 0.05) is 19.3 Å². The standard InChI is InChI=1S/C58H107O11P/c1-4-7-10-13-16-19-22-24-25-26-27-28-29-31-33-35-38-41-44-47-56(60)65-51-55(69-58(62)49-46-43-40-37-34-30-23-20-17-14-11-8-5-2)53-67-70(63,64)66-52-54(50-59)68-57(61)48-45-42-39-36-32-21-18-15-12-9-6-3/h8,11,17,20,30,34,54-55,59H,4-7,9-10,12-16,18-19,21-29,31-33,35-53H2,1-3H3,(H,63,64)/b11-8-,20-17-,34-30-. The van der Waals surface area contributed by atoms with Crippen molar-refractivity contribution in [1.29, 1.82) is 0 Å². The summed E-state index contributed by atoms with van der Waals surface area (Å²) in [6, 6.07) is 0. The van der Waals surface area contributed by atoms with Crippen molar-refractivity contribution in [3.63, 3.8) is 0 Å². The van der Waals surface area contributed by atoms with Crippen LogP contribution in [0, 0.1) is 0 Å². The molecular weight excluding hydrogens is 904 g/mol. The van der Waals surface area contributed by atoms with Crippen molar-refractivity contribution in [3.8, 4) is 0 Å². The molecule has 2 N–H and O–H groups in total. The molecule has 0 heterocycles. The third-order valence-corrected chi connectivity index (χ3v) is 13.5. The Balaban J connectivity index is 4.67. The van der Waals surface area contributed by atoms with Gasteiger partial charge in [0.25, 0.3) is 0 Å². The highest BCUT2D eigenvalue weighted by molar-refractivity contribution is 7.47. The van der Waals surface area contributed by atoms with E-state index in [1.807, 2.05) is 0 Å². The Kier molecular flexibility index (Phi) is 51.3. The molecule has 0 radical (unpaired) electrons. The number of aliphatic hydroxyl groups is 1. The molecule has 0 aromatic rings. The van der Waals surface area contributed by atoms with Crippen molar-refractivity contribution in [3.05, 3.63) is 36.5 Å². The van der Waals surface area contributed by atoms with Crippen LogP contribution in [0.4, 0.5) is 0 Å². The van der Waals surface area contributed by atoms with Gasteiger partial charge in [-0.25, -0.2) is 4.57 Å². The Hall–Kier alpha value is -2.30. The maximum atomic E-state index is 12.9. The molecule has 70 heavy (non-hydrogen) atoms. The normalized spacial score (nSPS) is 13.6. The number of allylic oxidation sites excluding steroid dienone is 6. The minimum Gasteiger partial charge on any atom is -0.462 e. The first-order chi connectivity index (χ1) is 34.2. The topological polar surface area (TPSA) is 155 Å². The van der Waals surface area contributed by atoms with Gasteiger partial charge in [-0.2, -0.15) is 0 Å². The predicted octanol–water partition coefficient (Wildman–Crippen LogP) is 16.8. The van der Waals surface area contributed by atoms with Crippen LogP contribution in [0.15, 0.2) is 36.5 Å². The molecule has 0 aromatic carbocycles. The molecule has 0 bridgehead atoms. The summed E-state index contributed by atoms with van der Waals surface area (Å²) in [6.07, 6.45) is 54.0. The van der Waals surface area contributed by atoms with Gasteiger partial charge in [-0.3, -0.25) is 23.4 Å². The Morgan fingerprint density at radius 1 is 0.414 bits per heavy atom. The molecule has 0 spiro atoms. The SMILES string of the molecule is CC/C=C\C/C=C\C/C=C\CCCCCC(=O)OC(COC(=O)CCCCCCCCCCCCCCCCCCCCC)COP(=O)(O)OCC(CO)OC(=O)CCCCCCCCCCCCC. The molecule has 0 amide bonds. The fourth-order valence-corrected chi connectivity index (χ4v) is 8.98. The molecule has 3 atom stereocenters. The van der Waals surface area contributed by atoms with E-state index in [4.69, 9.17) is 23.3 Å². The number of unbranched alkanes of at least 4 members (excludes halogenated alkanes) is 31. The first-order valence-electron chi connectivity index (χ1n) is 28.9.